The van der Waals surface area contributed by atoms with Gasteiger partial charge < -0.3 is 10.3 Å². The number of hydrogen-bond donors (Lipinski definition) is 1. The van der Waals surface area contributed by atoms with E-state index in [2.05, 4.69) is 6.92 Å². The smallest absolute Gasteiger partial charge is 0.250 e. The summed E-state index contributed by atoms with van der Waals surface area (Å²) in [5.41, 5.74) is 8.31. The molecule has 0 fully saturated rings. The summed E-state index contributed by atoms with van der Waals surface area (Å²) in [5, 5.41) is 0. The molecule has 1 unspecified atom stereocenters. The average Bonchev–Trinajstić information content (AvgIpc) is 2.70. The van der Waals surface area contributed by atoms with Gasteiger partial charge in [0.25, 0.3) is 5.56 Å². The molecule has 3 nitrogen and oxygen atoms in total. The van der Waals surface area contributed by atoms with Gasteiger partial charge in [-0.15, -0.1) is 0 Å². The highest BCUT2D eigenvalue weighted by molar-refractivity contribution is 5.25. The number of pyridine rings is 1. The number of nitrogens with two attached hydrogens (primary N) is 1. The van der Waals surface area contributed by atoms with Gasteiger partial charge in [0.05, 0.1) is 0 Å². The van der Waals surface area contributed by atoms with E-state index in [-0.39, 0.29) is 5.56 Å². The summed E-state index contributed by atoms with van der Waals surface area (Å²) in [7, 11) is 0. The van der Waals surface area contributed by atoms with Crippen LogP contribution in [0.3, 0.4) is 0 Å². The van der Waals surface area contributed by atoms with Crippen LogP contribution in [0.1, 0.15) is 24.6 Å². The van der Waals surface area contributed by atoms with E-state index >= 15 is 0 Å². The second-order valence-corrected chi connectivity index (χ2v) is 4.45. The third-order valence-corrected chi connectivity index (χ3v) is 3.15. The fourth-order valence-electron chi connectivity index (χ4n) is 2.22. The summed E-state index contributed by atoms with van der Waals surface area (Å²) in [4.78, 5) is 11.8. The molecule has 3 heteroatoms. The lowest BCUT2D eigenvalue weighted by Gasteiger charge is -2.15. The number of aromatic nitrogens is 1. The second kappa shape index (κ2) is 4.19. The van der Waals surface area contributed by atoms with Gasteiger partial charge in [-0.05, 0) is 37.3 Å². The van der Waals surface area contributed by atoms with Crippen molar-refractivity contribution in [2.45, 2.75) is 32.7 Å². The molecular formula is C12H18N2O. The average molecular weight is 206 g/mol. The molecule has 0 bridgehead atoms. The molecule has 1 aliphatic rings. The molecule has 1 atom stereocenters. The molecule has 15 heavy (non-hydrogen) atoms. The van der Waals surface area contributed by atoms with Crippen molar-refractivity contribution >= 4 is 0 Å². The van der Waals surface area contributed by atoms with Gasteiger partial charge >= 0.3 is 0 Å². The standard InChI is InChI=1S/C12H18N2O/c1-9(7-13)8-14-11-4-2-3-10(11)5-6-12(14)15/h5-6,9H,2-4,7-8,13H2,1H3. The molecule has 1 aromatic heterocycles. The van der Waals surface area contributed by atoms with Gasteiger partial charge in [-0.3, -0.25) is 4.79 Å². The molecule has 0 spiro atoms. The summed E-state index contributed by atoms with van der Waals surface area (Å²) in [6.45, 7) is 3.48. The van der Waals surface area contributed by atoms with Crippen LogP contribution in [0.4, 0.5) is 0 Å². The molecule has 1 heterocycles. The quantitative estimate of drug-likeness (QED) is 0.800. The largest absolute Gasteiger partial charge is 0.330 e. The Kier molecular flexibility index (Phi) is 2.91. The fraction of sp³-hybridized carbons (Fsp3) is 0.583. The number of fused-ring (bicyclic) bond motifs is 1. The van der Waals surface area contributed by atoms with Crippen LogP contribution in [0.2, 0.25) is 0 Å². The van der Waals surface area contributed by atoms with Gasteiger partial charge in [-0.2, -0.15) is 0 Å². The summed E-state index contributed by atoms with van der Waals surface area (Å²) < 4.78 is 1.92. The van der Waals surface area contributed by atoms with Crippen LogP contribution >= 0.6 is 0 Å². The van der Waals surface area contributed by atoms with Crippen LogP contribution in [0, 0.1) is 5.92 Å². The first kappa shape index (κ1) is 10.4. The Morgan fingerprint density at radius 3 is 3.00 bits per heavy atom. The zero-order chi connectivity index (χ0) is 10.8. The highest BCUT2D eigenvalue weighted by Gasteiger charge is 2.16. The van der Waals surface area contributed by atoms with Crippen molar-refractivity contribution in [2.24, 2.45) is 11.7 Å². The molecule has 2 rings (SSSR count). The Hall–Kier alpha value is -1.09. The van der Waals surface area contributed by atoms with Crippen LogP contribution in [-0.4, -0.2) is 11.1 Å². The Morgan fingerprint density at radius 1 is 1.47 bits per heavy atom. The lowest BCUT2D eigenvalue weighted by atomic mass is 10.1. The maximum atomic E-state index is 11.8. The van der Waals surface area contributed by atoms with E-state index in [0.29, 0.717) is 12.5 Å². The van der Waals surface area contributed by atoms with Gasteiger partial charge in [0.15, 0.2) is 0 Å². The van der Waals surface area contributed by atoms with Crippen LogP contribution in [0.25, 0.3) is 0 Å². The van der Waals surface area contributed by atoms with E-state index in [9.17, 15) is 4.79 Å². The van der Waals surface area contributed by atoms with E-state index in [0.717, 1.165) is 19.4 Å². The maximum Gasteiger partial charge on any atom is 0.250 e. The molecule has 0 radical (unpaired) electrons. The lowest BCUT2D eigenvalue weighted by molar-refractivity contribution is 0.471. The van der Waals surface area contributed by atoms with Crippen molar-refractivity contribution in [3.8, 4) is 0 Å². The predicted molar refractivity (Wildman–Crippen MR) is 60.9 cm³/mol. The SMILES string of the molecule is CC(CN)Cn1c2c(ccc1=O)CCC2. The van der Waals surface area contributed by atoms with Crippen molar-refractivity contribution < 1.29 is 0 Å². The minimum atomic E-state index is 0.121. The molecule has 0 amide bonds. The fourth-order valence-corrected chi connectivity index (χ4v) is 2.22. The Balaban J connectivity index is 2.37. The van der Waals surface area contributed by atoms with Gasteiger partial charge in [-0.1, -0.05) is 13.0 Å². The van der Waals surface area contributed by atoms with Crippen LogP contribution < -0.4 is 11.3 Å². The van der Waals surface area contributed by atoms with E-state index in [1.807, 2.05) is 10.6 Å². The number of aryl methyl sites for hydroxylation is 1. The summed E-state index contributed by atoms with van der Waals surface area (Å²) >= 11 is 0. The van der Waals surface area contributed by atoms with E-state index in [1.54, 1.807) is 6.07 Å². The maximum absolute atomic E-state index is 11.8. The summed E-state index contributed by atoms with van der Waals surface area (Å²) in [6, 6.07) is 3.67. The first-order valence-electron chi connectivity index (χ1n) is 5.64. The summed E-state index contributed by atoms with van der Waals surface area (Å²) in [6.07, 6.45) is 3.34. The van der Waals surface area contributed by atoms with Crippen LogP contribution in [0.15, 0.2) is 16.9 Å². The molecule has 82 valence electrons. The van der Waals surface area contributed by atoms with Crippen molar-refractivity contribution in [3.05, 3.63) is 33.7 Å². The topological polar surface area (TPSA) is 48.0 Å². The van der Waals surface area contributed by atoms with E-state index in [4.69, 9.17) is 5.73 Å². The Labute approximate surface area is 89.9 Å². The zero-order valence-electron chi connectivity index (χ0n) is 9.20. The molecule has 2 N–H and O–H groups in total. The summed E-state index contributed by atoms with van der Waals surface area (Å²) in [5.74, 6) is 0.370. The second-order valence-electron chi connectivity index (χ2n) is 4.45. The monoisotopic (exact) mass is 206 g/mol. The van der Waals surface area contributed by atoms with Gasteiger partial charge in [0, 0.05) is 18.3 Å². The van der Waals surface area contributed by atoms with Crippen LogP contribution in [-0.2, 0) is 19.4 Å². The van der Waals surface area contributed by atoms with Crippen molar-refractivity contribution in [3.63, 3.8) is 0 Å². The van der Waals surface area contributed by atoms with Gasteiger partial charge in [-0.25, -0.2) is 0 Å². The van der Waals surface area contributed by atoms with E-state index in [1.165, 1.54) is 17.7 Å². The molecule has 1 aromatic rings. The third-order valence-electron chi connectivity index (χ3n) is 3.15. The molecular weight excluding hydrogens is 188 g/mol. The van der Waals surface area contributed by atoms with Gasteiger partial charge in [0.1, 0.15) is 0 Å². The highest BCUT2D eigenvalue weighted by Crippen LogP contribution is 2.20. The highest BCUT2D eigenvalue weighted by atomic mass is 16.1. The first-order chi connectivity index (χ1) is 7.22. The van der Waals surface area contributed by atoms with Gasteiger partial charge in [0.2, 0.25) is 0 Å². The first-order valence-corrected chi connectivity index (χ1v) is 5.64. The van der Waals surface area contributed by atoms with Crippen LogP contribution in [0.5, 0.6) is 0 Å². The molecule has 1 aliphatic carbocycles. The number of rotatable bonds is 3. The van der Waals surface area contributed by atoms with Crippen molar-refractivity contribution in [1.29, 1.82) is 0 Å². The Morgan fingerprint density at radius 2 is 2.27 bits per heavy atom. The molecule has 0 aliphatic heterocycles. The molecule has 0 saturated heterocycles. The minimum Gasteiger partial charge on any atom is -0.330 e. The number of hydrogen-bond acceptors (Lipinski definition) is 2. The Bertz CT molecular complexity index is 409. The van der Waals surface area contributed by atoms with E-state index < -0.39 is 0 Å². The lowest BCUT2D eigenvalue weighted by Crippen LogP contribution is -2.28. The third kappa shape index (κ3) is 1.97. The van der Waals surface area contributed by atoms with Crippen molar-refractivity contribution in [2.75, 3.05) is 6.54 Å². The zero-order valence-corrected chi connectivity index (χ0v) is 9.20. The normalized spacial score (nSPS) is 16.4. The minimum absolute atomic E-state index is 0.121. The number of nitrogens with zero attached hydrogens (tertiary/aromatic N) is 1. The predicted octanol–water partition coefficient (Wildman–Crippen LogP) is 0.932. The molecule has 0 saturated carbocycles. The van der Waals surface area contributed by atoms with Crippen molar-refractivity contribution in [1.82, 2.24) is 4.57 Å². The molecule has 0 aromatic carbocycles.